The summed E-state index contributed by atoms with van der Waals surface area (Å²) in [5.74, 6) is -0.00294. The zero-order valence-electron chi connectivity index (χ0n) is 14.0. The number of hydrogen-bond donors (Lipinski definition) is 1. The van der Waals surface area contributed by atoms with Crippen LogP contribution in [0.2, 0.25) is 0 Å². The molecule has 134 valence electrons. The van der Waals surface area contributed by atoms with Crippen LogP contribution in [0.15, 0.2) is 29.7 Å². The highest BCUT2D eigenvalue weighted by atomic mass is 32.2. The molecule has 1 atom stereocenters. The molecule has 1 heterocycles. The number of nitrogens with zero attached hydrogens (tertiary/aromatic N) is 2. The second kappa shape index (κ2) is 7.09. The van der Waals surface area contributed by atoms with Crippen LogP contribution in [0.1, 0.15) is 47.7 Å². The minimum atomic E-state index is -4.18. The van der Waals surface area contributed by atoms with Gasteiger partial charge in [-0.05, 0) is 49.5 Å². The first kappa shape index (κ1) is 17.8. The van der Waals surface area contributed by atoms with Gasteiger partial charge >= 0.3 is 0 Å². The molecule has 0 bridgehead atoms. The van der Waals surface area contributed by atoms with Gasteiger partial charge in [-0.15, -0.1) is 0 Å². The minimum Gasteiger partial charge on any atom is -0.282 e. The van der Waals surface area contributed by atoms with Gasteiger partial charge in [0.05, 0.1) is 11.1 Å². The van der Waals surface area contributed by atoms with Crippen molar-refractivity contribution in [1.29, 1.82) is 0 Å². The Hall–Kier alpha value is -1.99. The van der Waals surface area contributed by atoms with Gasteiger partial charge in [-0.1, -0.05) is 18.6 Å². The van der Waals surface area contributed by atoms with Crippen LogP contribution < -0.4 is 0 Å². The Morgan fingerprint density at radius 1 is 1.32 bits per heavy atom. The van der Waals surface area contributed by atoms with E-state index in [1.54, 1.807) is 16.8 Å². The normalized spacial score (nSPS) is 18.3. The number of aryl methyl sites for hydroxylation is 1. The Bertz CT molecular complexity index is 886. The lowest BCUT2D eigenvalue weighted by Gasteiger charge is -2.17. The molecule has 1 aromatic heterocycles. The van der Waals surface area contributed by atoms with Gasteiger partial charge in [0.25, 0.3) is 10.1 Å². The maximum Gasteiger partial charge on any atom is 0.287 e. The third-order valence-corrected chi connectivity index (χ3v) is 5.11. The van der Waals surface area contributed by atoms with Gasteiger partial charge in [-0.3, -0.25) is 9.23 Å². The van der Waals surface area contributed by atoms with Crippen LogP contribution in [0.4, 0.5) is 4.39 Å². The van der Waals surface area contributed by atoms with E-state index in [0.717, 1.165) is 54.3 Å². The van der Waals surface area contributed by atoms with E-state index in [2.05, 4.69) is 5.10 Å². The second-order valence-corrected chi connectivity index (χ2v) is 7.77. The molecule has 7 heteroatoms. The summed E-state index contributed by atoms with van der Waals surface area (Å²) in [4.78, 5) is 0. The molecule has 1 aliphatic rings. The lowest BCUT2D eigenvalue weighted by atomic mass is 9.91. The smallest absolute Gasteiger partial charge is 0.282 e. The molecule has 0 saturated carbocycles. The average molecular weight is 364 g/mol. The molecule has 3 rings (SSSR count). The monoisotopic (exact) mass is 364 g/mol. The predicted octanol–water partition coefficient (Wildman–Crippen LogP) is 3.47. The molecule has 0 spiro atoms. The maximum atomic E-state index is 13.1. The van der Waals surface area contributed by atoms with Gasteiger partial charge in [0.1, 0.15) is 5.82 Å². The highest BCUT2D eigenvalue weighted by Gasteiger charge is 2.25. The van der Waals surface area contributed by atoms with Crippen LogP contribution in [-0.4, -0.2) is 22.8 Å². The molecule has 5 nitrogen and oxygen atoms in total. The Morgan fingerprint density at radius 2 is 2.04 bits per heavy atom. The van der Waals surface area contributed by atoms with E-state index in [0.29, 0.717) is 5.69 Å². The lowest BCUT2D eigenvalue weighted by molar-refractivity contribution is 0.494. The molecular formula is C18H21FN2O3S. The summed E-state index contributed by atoms with van der Waals surface area (Å²) in [6, 6.07) is 6.54. The Labute approximate surface area is 146 Å². The summed E-state index contributed by atoms with van der Waals surface area (Å²) in [6.07, 6.45) is 6.05. The quantitative estimate of drug-likeness (QED) is 0.666. The van der Waals surface area contributed by atoms with Crippen LogP contribution in [0.3, 0.4) is 0 Å². The summed E-state index contributed by atoms with van der Waals surface area (Å²) < 4.78 is 45.8. The fourth-order valence-corrected chi connectivity index (χ4v) is 3.89. The topological polar surface area (TPSA) is 72.2 Å². The summed E-state index contributed by atoms with van der Waals surface area (Å²) in [5, 5.41) is 5.21. The standard InChI is InChI=1S/C18H21FN2O3S/c1-21-18-14(12-13-6-8-15(19)9-7-13)4-2-3-5-16(18)17(20-21)10-11-25(22,23)24/h6-11,14H,2-5,12H2,1H3,(H,22,23,24)/b11-10+. The van der Waals surface area contributed by atoms with E-state index in [-0.39, 0.29) is 11.7 Å². The van der Waals surface area contributed by atoms with Gasteiger partial charge in [0.15, 0.2) is 0 Å². The number of aromatic nitrogens is 2. The fourth-order valence-electron chi connectivity index (χ4n) is 3.59. The zero-order chi connectivity index (χ0) is 18.0. The van der Waals surface area contributed by atoms with Crippen LogP contribution in [0.25, 0.3) is 6.08 Å². The summed E-state index contributed by atoms with van der Waals surface area (Å²) in [6.45, 7) is 0. The number of halogens is 1. The molecule has 1 unspecified atom stereocenters. The van der Waals surface area contributed by atoms with Crippen LogP contribution in [0, 0.1) is 5.82 Å². The highest BCUT2D eigenvalue weighted by Crippen LogP contribution is 2.35. The van der Waals surface area contributed by atoms with Crippen molar-refractivity contribution in [3.05, 3.63) is 58.0 Å². The zero-order valence-corrected chi connectivity index (χ0v) is 14.8. The SMILES string of the molecule is Cn1nc(/C=C/S(=O)(=O)O)c2c1C(Cc1ccc(F)cc1)CCCC2. The van der Waals surface area contributed by atoms with Gasteiger partial charge in [0, 0.05) is 24.2 Å². The van der Waals surface area contributed by atoms with Crippen molar-refractivity contribution < 1.29 is 17.4 Å². The van der Waals surface area contributed by atoms with Crippen molar-refractivity contribution in [1.82, 2.24) is 9.78 Å². The van der Waals surface area contributed by atoms with Gasteiger partial charge in [0.2, 0.25) is 0 Å². The predicted molar refractivity (Wildman–Crippen MR) is 94.2 cm³/mol. The van der Waals surface area contributed by atoms with Gasteiger partial charge < -0.3 is 0 Å². The first-order chi connectivity index (χ1) is 11.8. The van der Waals surface area contributed by atoms with Crippen molar-refractivity contribution in [3.8, 4) is 0 Å². The minimum absolute atomic E-state index is 0.244. The largest absolute Gasteiger partial charge is 0.287 e. The molecule has 0 aliphatic heterocycles. The summed E-state index contributed by atoms with van der Waals surface area (Å²) in [5.41, 5.74) is 3.78. The third-order valence-electron chi connectivity index (χ3n) is 4.63. The number of rotatable bonds is 4. The molecule has 1 aromatic carbocycles. The highest BCUT2D eigenvalue weighted by molar-refractivity contribution is 7.88. The van der Waals surface area contributed by atoms with E-state index in [1.165, 1.54) is 18.2 Å². The Kier molecular flexibility index (Phi) is 5.06. The van der Waals surface area contributed by atoms with Crippen LogP contribution in [0.5, 0.6) is 0 Å². The molecule has 1 aliphatic carbocycles. The molecule has 0 amide bonds. The molecule has 0 fully saturated rings. The third kappa shape index (κ3) is 4.35. The first-order valence-corrected chi connectivity index (χ1v) is 9.79. The van der Waals surface area contributed by atoms with Crippen molar-refractivity contribution in [2.45, 2.75) is 38.0 Å². The average Bonchev–Trinajstić information content (AvgIpc) is 2.72. The molecule has 1 N–H and O–H groups in total. The van der Waals surface area contributed by atoms with Gasteiger partial charge in [-0.2, -0.15) is 13.5 Å². The summed E-state index contributed by atoms with van der Waals surface area (Å²) >= 11 is 0. The van der Waals surface area contributed by atoms with E-state index < -0.39 is 10.1 Å². The first-order valence-electron chi connectivity index (χ1n) is 8.29. The fraction of sp³-hybridized carbons (Fsp3) is 0.389. The Balaban J connectivity index is 1.95. The number of benzene rings is 1. The molecule has 0 saturated heterocycles. The molecule has 0 radical (unpaired) electrons. The van der Waals surface area contributed by atoms with Crippen molar-refractivity contribution in [2.24, 2.45) is 7.05 Å². The molecular weight excluding hydrogens is 343 g/mol. The van der Waals surface area contributed by atoms with E-state index >= 15 is 0 Å². The Morgan fingerprint density at radius 3 is 2.72 bits per heavy atom. The maximum absolute atomic E-state index is 13.1. The van der Waals surface area contributed by atoms with E-state index in [9.17, 15) is 12.8 Å². The van der Waals surface area contributed by atoms with E-state index in [1.807, 2.05) is 7.05 Å². The lowest BCUT2D eigenvalue weighted by Crippen LogP contribution is -2.09. The van der Waals surface area contributed by atoms with E-state index in [4.69, 9.17) is 4.55 Å². The van der Waals surface area contributed by atoms with Crippen LogP contribution in [-0.2, 0) is 30.0 Å². The second-order valence-electron chi connectivity index (χ2n) is 6.46. The number of fused-ring (bicyclic) bond motifs is 1. The van der Waals surface area contributed by atoms with Crippen LogP contribution >= 0.6 is 0 Å². The molecule has 25 heavy (non-hydrogen) atoms. The number of hydrogen-bond acceptors (Lipinski definition) is 3. The van der Waals surface area contributed by atoms with Crippen molar-refractivity contribution in [3.63, 3.8) is 0 Å². The summed E-state index contributed by atoms with van der Waals surface area (Å²) in [7, 11) is -2.33. The van der Waals surface area contributed by atoms with Crippen molar-refractivity contribution in [2.75, 3.05) is 0 Å². The van der Waals surface area contributed by atoms with Crippen molar-refractivity contribution >= 4 is 16.2 Å². The van der Waals surface area contributed by atoms with Gasteiger partial charge in [-0.25, -0.2) is 4.39 Å². The molecule has 2 aromatic rings.